The molecule has 3 N–H and O–H groups in total. The zero-order chi connectivity index (χ0) is 41.6. The monoisotopic (exact) mass is 821 g/mol. The Morgan fingerprint density at radius 3 is 2.47 bits per heavy atom. The van der Waals surface area contributed by atoms with E-state index in [0.717, 1.165) is 4.90 Å². The van der Waals surface area contributed by atoms with Gasteiger partial charge >= 0.3 is 12.3 Å². The summed E-state index contributed by atoms with van der Waals surface area (Å²) in [6.45, 7) is 7.48. The highest BCUT2D eigenvalue weighted by atomic mass is 32.2. The van der Waals surface area contributed by atoms with E-state index in [9.17, 15) is 45.9 Å². The number of fused-ring (bicyclic) bond motifs is 3. The molecule has 1 aromatic carbocycles. The van der Waals surface area contributed by atoms with Crippen LogP contribution in [0, 0.1) is 17.8 Å². The van der Waals surface area contributed by atoms with Gasteiger partial charge < -0.3 is 24.8 Å². The molecule has 312 valence electrons. The van der Waals surface area contributed by atoms with Gasteiger partial charge in [0.2, 0.25) is 27.7 Å². The highest BCUT2D eigenvalue weighted by Crippen LogP contribution is 2.46. The minimum atomic E-state index is -5.03. The Hall–Kier alpha value is -4.61. The number of sulfonamides is 1. The van der Waals surface area contributed by atoms with Crippen LogP contribution in [0.5, 0.6) is 11.6 Å². The summed E-state index contributed by atoms with van der Waals surface area (Å²) in [4.78, 5) is 61.3. The lowest BCUT2D eigenvalue weighted by Crippen LogP contribution is -2.62. The first-order valence-corrected chi connectivity index (χ1v) is 20.9. The van der Waals surface area contributed by atoms with E-state index in [-0.39, 0.29) is 48.6 Å². The SMILES string of the molecule is CC(C)Oc1ccc2c(O[C@@H]3C[C@H]4C(=O)N[C@]5(C(=O)NS(=O)(=O)C6CC6)C[C@H]5/C=C\CC[C@H](C)C[C@@H](C)[C@H](N(C(=O)O)[C@H](C)C(F)(F)F)C(=O)N4C3)nccc2c1. The van der Waals surface area contributed by atoms with Crippen molar-refractivity contribution in [2.24, 2.45) is 17.8 Å². The van der Waals surface area contributed by atoms with Gasteiger partial charge in [0.1, 0.15) is 35.5 Å². The fraction of sp³-hybridized carbons (Fsp3) is 0.615. The highest BCUT2D eigenvalue weighted by Gasteiger charge is 2.62. The van der Waals surface area contributed by atoms with Gasteiger partial charge in [-0.15, -0.1) is 0 Å². The molecule has 3 fully saturated rings. The van der Waals surface area contributed by atoms with E-state index in [2.05, 4.69) is 15.0 Å². The Morgan fingerprint density at radius 1 is 1.11 bits per heavy atom. The maximum Gasteiger partial charge on any atom is 0.408 e. The molecule has 3 heterocycles. The summed E-state index contributed by atoms with van der Waals surface area (Å²) >= 11 is 0. The lowest BCUT2D eigenvalue weighted by molar-refractivity contribution is -0.184. The zero-order valence-electron chi connectivity index (χ0n) is 32.5. The van der Waals surface area contributed by atoms with Crippen LogP contribution in [0.3, 0.4) is 0 Å². The minimum Gasteiger partial charge on any atom is -0.491 e. The molecule has 0 spiro atoms. The van der Waals surface area contributed by atoms with Crippen molar-refractivity contribution in [3.05, 3.63) is 42.6 Å². The van der Waals surface area contributed by atoms with Crippen LogP contribution in [0.2, 0.25) is 0 Å². The van der Waals surface area contributed by atoms with Gasteiger partial charge in [-0.2, -0.15) is 13.2 Å². The standard InChI is InChI=1S/C39H50F3N5O9S/c1-21(2)55-27-10-13-30-25(17-27)14-15-43-34(30)56-28-18-31-33(48)44-38(36(50)45-57(53,54)29-11-12-29)19-26(38)9-7-6-8-22(3)16-23(4)32(35(49)46(31)20-28)47(37(51)52)24(5)39(40,41)42/h7,9-10,13-15,17,21-24,26,28-29,31-32H,6,8,11-12,16,18-20H2,1-5H3,(H,44,48)(H,45,50)(H,51,52)/b9-7-/t22-,23+,24+,26+,28+,31-,32-,38+/m0/s1. The number of pyridine rings is 1. The Kier molecular flexibility index (Phi) is 11.8. The average Bonchev–Trinajstić information content (AvgIpc) is 4.04. The number of aromatic nitrogens is 1. The van der Waals surface area contributed by atoms with Crippen LogP contribution in [-0.4, -0.2) is 106 Å². The van der Waals surface area contributed by atoms with Crippen molar-refractivity contribution in [2.75, 3.05) is 6.54 Å². The summed E-state index contributed by atoms with van der Waals surface area (Å²) < 4.78 is 82.9. The summed E-state index contributed by atoms with van der Waals surface area (Å²) in [6, 6.07) is 1.12. The van der Waals surface area contributed by atoms with E-state index in [1.807, 2.05) is 20.8 Å². The maximum atomic E-state index is 14.8. The third kappa shape index (κ3) is 9.10. The number of amides is 4. The van der Waals surface area contributed by atoms with Gasteiger partial charge in [0.15, 0.2) is 0 Å². The number of allylic oxidation sites excluding steroid dienone is 1. The molecular formula is C39H50F3N5O9S. The molecule has 1 saturated heterocycles. The fourth-order valence-electron chi connectivity index (χ4n) is 8.08. The molecule has 0 bridgehead atoms. The van der Waals surface area contributed by atoms with Gasteiger partial charge in [-0.25, -0.2) is 18.2 Å². The number of benzene rings is 1. The van der Waals surface area contributed by atoms with Crippen molar-refractivity contribution in [3.8, 4) is 11.6 Å². The van der Waals surface area contributed by atoms with E-state index in [1.54, 1.807) is 36.4 Å². The van der Waals surface area contributed by atoms with E-state index < -0.39 is 86.9 Å². The molecule has 4 amide bonds. The van der Waals surface area contributed by atoms with E-state index in [0.29, 0.717) is 49.1 Å². The Labute approximate surface area is 329 Å². The van der Waals surface area contributed by atoms with E-state index in [1.165, 1.54) is 13.1 Å². The molecule has 2 aliphatic heterocycles. The summed E-state index contributed by atoms with van der Waals surface area (Å²) in [5, 5.41) is 13.6. The second-order valence-corrected chi connectivity index (χ2v) is 18.2. The number of carboxylic acid groups (broad SMARTS) is 1. The van der Waals surface area contributed by atoms with Crippen LogP contribution in [0.15, 0.2) is 42.6 Å². The van der Waals surface area contributed by atoms with Gasteiger partial charge in [-0.1, -0.05) is 26.0 Å². The Morgan fingerprint density at radius 2 is 1.82 bits per heavy atom. The van der Waals surface area contributed by atoms with Gasteiger partial charge in [-0.05, 0) is 101 Å². The number of nitrogens with one attached hydrogen (secondary N) is 2. The van der Waals surface area contributed by atoms with Gasteiger partial charge in [0.05, 0.1) is 17.9 Å². The molecule has 14 nitrogen and oxygen atoms in total. The molecular weight excluding hydrogens is 772 g/mol. The van der Waals surface area contributed by atoms with Crippen LogP contribution < -0.4 is 19.5 Å². The van der Waals surface area contributed by atoms with Gasteiger partial charge in [0.25, 0.3) is 5.91 Å². The third-order valence-corrected chi connectivity index (χ3v) is 13.2. The maximum absolute atomic E-state index is 14.8. The molecule has 2 saturated carbocycles. The van der Waals surface area contributed by atoms with Crippen LogP contribution in [-0.2, 0) is 24.4 Å². The summed E-state index contributed by atoms with van der Waals surface area (Å²) in [5.41, 5.74) is -1.69. The number of hydrogen-bond acceptors (Lipinski definition) is 9. The Bertz CT molecular complexity index is 2030. The number of rotatable bonds is 9. The van der Waals surface area contributed by atoms with Crippen molar-refractivity contribution < 1.29 is 55.3 Å². The predicted molar refractivity (Wildman–Crippen MR) is 202 cm³/mol. The van der Waals surface area contributed by atoms with Gasteiger partial charge in [-0.3, -0.25) is 24.0 Å². The van der Waals surface area contributed by atoms with Crippen molar-refractivity contribution in [2.45, 2.75) is 127 Å². The summed E-state index contributed by atoms with van der Waals surface area (Å²) in [6.07, 6.45) is -1.17. The molecule has 4 aliphatic rings. The first-order chi connectivity index (χ1) is 26.7. The molecule has 2 aromatic rings. The second-order valence-electron chi connectivity index (χ2n) is 16.3. The number of carbonyl (C=O) groups excluding carboxylic acids is 3. The summed E-state index contributed by atoms with van der Waals surface area (Å²) in [7, 11) is -4.01. The van der Waals surface area contributed by atoms with Crippen LogP contribution in [0.25, 0.3) is 10.8 Å². The quantitative estimate of drug-likeness (QED) is 0.286. The van der Waals surface area contributed by atoms with Crippen LogP contribution >= 0.6 is 0 Å². The number of nitrogens with zero attached hydrogens (tertiary/aromatic N) is 3. The highest BCUT2D eigenvalue weighted by molar-refractivity contribution is 7.91. The van der Waals surface area contributed by atoms with Crippen LogP contribution in [0.1, 0.15) is 79.6 Å². The number of halogens is 3. The molecule has 1 aromatic heterocycles. The molecule has 0 unspecified atom stereocenters. The first-order valence-electron chi connectivity index (χ1n) is 19.4. The molecule has 8 atom stereocenters. The minimum absolute atomic E-state index is 0.0649. The largest absolute Gasteiger partial charge is 0.491 e. The topological polar surface area (TPSA) is 185 Å². The van der Waals surface area contributed by atoms with Crippen molar-refractivity contribution in [1.29, 1.82) is 0 Å². The fourth-order valence-corrected chi connectivity index (χ4v) is 9.44. The van der Waals surface area contributed by atoms with E-state index in [4.69, 9.17) is 9.47 Å². The van der Waals surface area contributed by atoms with Crippen molar-refractivity contribution in [3.63, 3.8) is 0 Å². The zero-order valence-corrected chi connectivity index (χ0v) is 33.3. The second kappa shape index (κ2) is 16.0. The number of ether oxygens (including phenoxy) is 2. The predicted octanol–water partition coefficient (Wildman–Crippen LogP) is 5.17. The third-order valence-electron chi connectivity index (χ3n) is 11.3. The molecule has 57 heavy (non-hydrogen) atoms. The van der Waals surface area contributed by atoms with Crippen molar-refractivity contribution >= 4 is 44.6 Å². The lowest BCUT2D eigenvalue weighted by Gasteiger charge is -2.40. The normalized spacial score (nSPS) is 29.6. The number of carbonyl (C=O) groups is 4. The van der Waals surface area contributed by atoms with Gasteiger partial charge in [0, 0.05) is 23.9 Å². The number of alkyl halides is 3. The molecule has 0 radical (unpaired) electrons. The van der Waals surface area contributed by atoms with E-state index >= 15 is 0 Å². The van der Waals surface area contributed by atoms with Crippen molar-refractivity contribution in [1.82, 2.24) is 24.8 Å². The van der Waals surface area contributed by atoms with Crippen LogP contribution in [0.4, 0.5) is 18.0 Å². The smallest absolute Gasteiger partial charge is 0.408 e. The first kappa shape index (κ1) is 42.0. The number of hydrogen-bond donors (Lipinski definition) is 3. The molecule has 6 rings (SSSR count). The molecule has 2 aliphatic carbocycles. The summed E-state index contributed by atoms with van der Waals surface area (Å²) in [5.74, 6) is -3.76. The Balaban J connectivity index is 1.39. The lowest BCUT2D eigenvalue weighted by atomic mass is 9.86. The molecule has 18 heteroatoms. The average molecular weight is 822 g/mol.